The van der Waals surface area contributed by atoms with E-state index in [1.165, 1.54) is 5.57 Å². The van der Waals surface area contributed by atoms with E-state index >= 15 is 0 Å². The van der Waals surface area contributed by atoms with Gasteiger partial charge in [-0.15, -0.1) is 0 Å². The van der Waals surface area contributed by atoms with E-state index < -0.39 is 11.7 Å². The van der Waals surface area contributed by atoms with Crippen LogP contribution in [0.3, 0.4) is 0 Å². The Kier molecular flexibility index (Phi) is 4.96. The SMILES string of the molecule is CC(C)=CCC[C@H](C)[C@@H]1C=C[C@](C)(O)[C@H](O)C1. The Bertz CT molecular complexity index is 298. The molecule has 0 aromatic carbocycles. The largest absolute Gasteiger partial charge is 0.390 e. The highest BCUT2D eigenvalue weighted by Gasteiger charge is 2.34. The molecule has 0 aliphatic heterocycles. The van der Waals surface area contributed by atoms with Gasteiger partial charge in [0.1, 0.15) is 5.60 Å². The summed E-state index contributed by atoms with van der Waals surface area (Å²) in [6.07, 6.45) is 8.34. The van der Waals surface area contributed by atoms with Crippen molar-refractivity contribution in [3.63, 3.8) is 0 Å². The molecule has 0 amide bonds. The first-order valence-corrected chi connectivity index (χ1v) is 6.56. The van der Waals surface area contributed by atoms with Crippen LogP contribution in [0.5, 0.6) is 0 Å². The van der Waals surface area contributed by atoms with Gasteiger partial charge in [0.25, 0.3) is 0 Å². The van der Waals surface area contributed by atoms with Crippen LogP contribution in [0.2, 0.25) is 0 Å². The van der Waals surface area contributed by atoms with Gasteiger partial charge >= 0.3 is 0 Å². The van der Waals surface area contributed by atoms with Crippen molar-refractivity contribution in [2.45, 2.75) is 58.7 Å². The number of rotatable bonds is 4. The second-order valence-corrected chi connectivity index (χ2v) is 5.84. The Labute approximate surface area is 105 Å². The first-order chi connectivity index (χ1) is 7.83. The monoisotopic (exact) mass is 238 g/mol. The van der Waals surface area contributed by atoms with Crippen LogP contribution in [-0.2, 0) is 0 Å². The van der Waals surface area contributed by atoms with E-state index in [-0.39, 0.29) is 0 Å². The van der Waals surface area contributed by atoms with Gasteiger partial charge in [-0.2, -0.15) is 0 Å². The highest BCUT2D eigenvalue weighted by atomic mass is 16.3. The van der Waals surface area contributed by atoms with E-state index in [0.717, 1.165) is 12.8 Å². The molecule has 0 unspecified atom stereocenters. The molecule has 0 heterocycles. The third-order valence-electron chi connectivity index (χ3n) is 3.76. The Morgan fingerprint density at radius 3 is 2.71 bits per heavy atom. The van der Waals surface area contributed by atoms with E-state index in [4.69, 9.17) is 0 Å². The Morgan fingerprint density at radius 1 is 1.53 bits per heavy atom. The molecule has 17 heavy (non-hydrogen) atoms. The van der Waals surface area contributed by atoms with Crippen LogP contribution in [0.25, 0.3) is 0 Å². The highest BCUT2D eigenvalue weighted by molar-refractivity contribution is 5.11. The Hall–Kier alpha value is -0.600. The van der Waals surface area contributed by atoms with Crippen LogP contribution < -0.4 is 0 Å². The molecule has 1 aliphatic rings. The van der Waals surface area contributed by atoms with Crippen molar-refractivity contribution < 1.29 is 10.2 Å². The molecule has 0 aromatic heterocycles. The number of aliphatic hydroxyl groups is 2. The first-order valence-electron chi connectivity index (χ1n) is 6.56. The van der Waals surface area contributed by atoms with Crippen LogP contribution in [0.15, 0.2) is 23.8 Å². The zero-order valence-corrected chi connectivity index (χ0v) is 11.5. The van der Waals surface area contributed by atoms with Crippen molar-refractivity contribution in [1.82, 2.24) is 0 Å². The summed E-state index contributed by atoms with van der Waals surface area (Å²) >= 11 is 0. The highest BCUT2D eigenvalue weighted by Crippen LogP contribution is 2.32. The van der Waals surface area contributed by atoms with Crippen LogP contribution in [-0.4, -0.2) is 21.9 Å². The summed E-state index contributed by atoms with van der Waals surface area (Å²) in [6, 6.07) is 0. The normalized spacial score (nSPS) is 34.5. The minimum atomic E-state index is -1.05. The van der Waals surface area contributed by atoms with E-state index in [0.29, 0.717) is 18.3 Å². The molecule has 2 N–H and O–H groups in total. The van der Waals surface area contributed by atoms with Crippen molar-refractivity contribution in [1.29, 1.82) is 0 Å². The van der Waals surface area contributed by atoms with E-state index in [2.05, 4.69) is 32.9 Å². The third kappa shape index (κ3) is 4.29. The van der Waals surface area contributed by atoms with Crippen molar-refractivity contribution in [3.8, 4) is 0 Å². The summed E-state index contributed by atoms with van der Waals surface area (Å²) in [7, 11) is 0. The van der Waals surface area contributed by atoms with Crippen molar-refractivity contribution >= 4 is 0 Å². The lowest BCUT2D eigenvalue weighted by molar-refractivity contribution is -0.0455. The number of aliphatic hydroxyl groups excluding tert-OH is 1. The zero-order chi connectivity index (χ0) is 13.1. The molecular formula is C15H26O2. The lowest BCUT2D eigenvalue weighted by atomic mass is 9.77. The lowest BCUT2D eigenvalue weighted by Crippen LogP contribution is -2.42. The van der Waals surface area contributed by atoms with Gasteiger partial charge in [0.2, 0.25) is 0 Å². The quantitative estimate of drug-likeness (QED) is 0.739. The van der Waals surface area contributed by atoms with Crippen molar-refractivity contribution in [2.24, 2.45) is 11.8 Å². The number of hydrogen-bond donors (Lipinski definition) is 2. The molecule has 0 spiro atoms. The molecule has 0 saturated carbocycles. The van der Waals surface area contributed by atoms with Gasteiger partial charge in [0.05, 0.1) is 6.10 Å². The molecule has 1 aliphatic carbocycles. The summed E-state index contributed by atoms with van der Waals surface area (Å²) in [5, 5.41) is 19.7. The Morgan fingerprint density at radius 2 is 2.18 bits per heavy atom. The molecule has 0 bridgehead atoms. The summed E-state index contributed by atoms with van der Waals surface area (Å²) < 4.78 is 0. The number of hydrogen-bond acceptors (Lipinski definition) is 2. The van der Waals surface area contributed by atoms with Gasteiger partial charge in [0, 0.05) is 0 Å². The topological polar surface area (TPSA) is 40.5 Å². The molecule has 98 valence electrons. The molecule has 4 atom stereocenters. The average Bonchev–Trinajstić information content (AvgIpc) is 2.21. The van der Waals surface area contributed by atoms with Gasteiger partial charge in [-0.05, 0) is 51.9 Å². The average molecular weight is 238 g/mol. The fourth-order valence-corrected chi connectivity index (χ4v) is 2.28. The number of allylic oxidation sites excluding steroid dienone is 3. The molecule has 2 heteroatoms. The summed E-state index contributed by atoms with van der Waals surface area (Å²) in [6.45, 7) is 8.12. The fourth-order valence-electron chi connectivity index (χ4n) is 2.28. The lowest BCUT2D eigenvalue weighted by Gasteiger charge is -2.35. The van der Waals surface area contributed by atoms with E-state index in [9.17, 15) is 10.2 Å². The molecule has 0 saturated heterocycles. The van der Waals surface area contributed by atoms with Crippen LogP contribution in [0.1, 0.15) is 47.0 Å². The minimum absolute atomic E-state index is 0.385. The second-order valence-electron chi connectivity index (χ2n) is 5.84. The Balaban J connectivity index is 2.49. The smallest absolute Gasteiger partial charge is 0.106 e. The van der Waals surface area contributed by atoms with Gasteiger partial charge < -0.3 is 10.2 Å². The molecule has 0 aromatic rings. The van der Waals surface area contributed by atoms with Crippen LogP contribution >= 0.6 is 0 Å². The third-order valence-corrected chi connectivity index (χ3v) is 3.76. The maximum Gasteiger partial charge on any atom is 0.106 e. The van der Waals surface area contributed by atoms with Gasteiger partial charge in [-0.25, -0.2) is 0 Å². The zero-order valence-electron chi connectivity index (χ0n) is 11.5. The predicted octanol–water partition coefficient (Wildman–Crippen LogP) is 3.06. The van der Waals surface area contributed by atoms with Gasteiger partial charge in [-0.1, -0.05) is 30.7 Å². The summed E-state index contributed by atoms with van der Waals surface area (Å²) in [5.41, 5.74) is 0.315. The molecular weight excluding hydrogens is 212 g/mol. The van der Waals surface area contributed by atoms with Gasteiger partial charge in [-0.3, -0.25) is 0 Å². The summed E-state index contributed by atoms with van der Waals surface area (Å²) in [5.74, 6) is 0.934. The minimum Gasteiger partial charge on any atom is -0.390 e. The van der Waals surface area contributed by atoms with Crippen molar-refractivity contribution in [3.05, 3.63) is 23.8 Å². The summed E-state index contributed by atoms with van der Waals surface area (Å²) in [4.78, 5) is 0. The molecule has 2 nitrogen and oxygen atoms in total. The predicted molar refractivity (Wildman–Crippen MR) is 71.7 cm³/mol. The first kappa shape index (κ1) is 14.5. The fraction of sp³-hybridized carbons (Fsp3) is 0.733. The molecule has 0 fully saturated rings. The van der Waals surface area contributed by atoms with Gasteiger partial charge in [0.15, 0.2) is 0 Å². The van der Waals surface area contributed by atoms with E-state index in [1.54, 1.807) is 13.0 Å². The second kappa shape index (κ2) is 5.83. The van der Waals surface area contributed by atoms with Crippen molar-refractivity contribution in [2.75, 3.05) is 0 Å². The van der Waals surface area contributed by atoms with Crippen LogP contribution in [0.4, 0.5) is 0 Å². The maximum atomic E-state index is 9.86. The standard InChI is InChI=1S/C15H26O2/c1-11(2)6-5-7-12(3)13-8-9-15(4,17)14(16)10-13/h6,8-9,12-14,16-17H,5,7,10H2,1-4H3/t12-,13+,14+,15-/m0/s1. The molecule has 1 rings (SSSR count). The van der Waals surface area contributed by atoms with E-state index in [1.807, 2.05) is 0 Å². The maximum absolute atomic E-state index is 9.86. The molecule has 0 radical (unpaired) electrons. The van der Waals surface area contributed by atoms with Crippen LogP contribution in [0, 0.1) is 11.8 Å².